The number of rotatable bonds is 3. The Balaban J connectivity index is -0.0000000965. The van der Waals surface area contributed by atoms with Crippen LogP contribution in [0.4, 0.5) is 0 Å². The normalized spacial score (nSPS) is 7.09. The van der Waals surface area contributed by atoms with Crippen molar-refractivity contribution in [2.24, 2.45) is 0 Å². The molecular weight excluding hydrogens is 136 g/mol. The van der Waals surface area contributed by atoms with Gasteiger partial charge in [0.15, 0.2) is 0 Å². The Bertz CT molecular complexity index is 24.1. The van der Waals surface area contributed by atoms with Gasteiger partial charge in [-0.1, -0.05) is 53.9 Å². The molecule has 0 bridgehead atoms. The van der Waals surface area contributed by atoms with Gasteiger partial charge in [0, 0.05) is 6.61 Å². The SMILES string of the molecule is CC.CCCCC.CCCO. The molecule has 0 fully saturated rings. The molecule has 0 saturated heterocycles. The highest BCUT2D eigenvalue weighted by Crippen LogP contribution is 1.88. The molecule has 0 aromatic carbocycles. The Morgan fingerprint density at radius 1 is 0.818 bits per heavy atom. The van der Waals surface area contributed by atoms with E-state index in [-0.39, 0.29) is 0 Å². The van der Waals surface area contributed by atoms with Crippen LogP contribution < -0.4 is 0 Å². The number of aliphatic hydroxyl groups is 1. The van der Waals surface area contributed by atoms with E-state index in [1.54, 1.807) is 0 Å². The lowest BCUT2D eigenvalue weighted by Gasteiger charge is -1.79. The molecule has 0 spiro atoms. The zero-order valence-electron chi connectivity index (χ0n) is 8.98. The minimum Gasteiger partial charge on any atom is -0.396 e. The molecule has 0 radical (unpaired) electrons. The molecule has 1 nitrogen and oxygen atoms in total. The van der Waals surface area contributed by atoms with Crippen molar-refractivity contribution in [2.45, 2.75) is 60.3 Å². The molecule has 0 aliphatic carbocycles. The van der Waals surface area contributed by atoms with Gasteiger partial charge in [-0.3, -0.25) is 0 Å². The van der Waals surface area contributed by atoms with Crippen molar-refractivity contribution in [3.05, 3.63) is 0 Å². The zero-order chi connectivity index (χ0) is 9.54. The van der Waals surface area contributed by atoms with Crippen LogP contribution in [0.15, 0.2) is 0 Å². The molecule has 72 valence electrons. The summed E-state index contributed by atoms with van der Waals surface area (Å²) in [4.78, 5) is 0. The van der Waals surface area contributed by atoms with E-state index in [0.717, 1.165) is 6.42 Å². The summed E-state index contributed by atoms with van der Waals surface area (Å²) in [5.41, 5.74) is 0. The van der Waals surface area contributed by atoms with Crippen LogP contribution in [0.2, 0.25) is 0 Å². The summed E-state index contributed by atoms with van der Waals surface area (Å²) in [6, 6.07) is 0. The van der Waals surface area contributed by atoms with Gasteiger partial charge in [-0.25, -0.2) is 0 Å². The lowest BCUT2D eigenvalue weighted by Crippen LogP contribution is -1.69. The Morgan fingerprint density at radius 3 is 1.09 bits per heavy atom. The Kier molecular flexibility index (Phi) is 50.7. The van der Waals surface area contributed by atoms with Crippen molar-refractivity contribution >= 4 is 0 Å². The van der Waals surface area contributed by atoms with Crippen molar-refractivity contribution < 1.29 is 5.11 Å². The van der Waals surface area contributed by atoms with Crippen LogP contribution in [0.3, 0.4) is 0 Å². The third-order valence-electron chi connectivity index (χ3n) is 0.931. The van der Waals surface area contributed by atoms with E-state index in [1.165, 1.54) is 19.3 Å². The van der Waals surface area contributed by atoms with Gasteiger partial charge in [0.2, 0.25) is 0 Å². The molecule has 0 heterocycles. The first kappa shape index (κ1) is 17.2. The quantitative estimate of drug-likeness (QED) is 0.672. The first-order valence-electron chi connectivity index (χ1n) is 4.94. The third-order valence-corrected chi connectivity index (χ3v) is 0.931. The maximum atomic E-state index is 7.88. The van der Waals surface area contributed by atoms with Gasteiger partial charge < -0.3 is 5.11 Å². The monoisotopic (exact) mass is 162 g/mol. The molecule has 0 atom stereocenters. The maximum absolute atomic E-state index is 7.88. The molecule has 0 aromatic heterocycles. The van der Waals surface area contributed by atoms with E-state index in [9.17, 15) is 0 Å². The molecule has 0 unspecified atom stereocenters. The van der Waals surface area contributed by atoms with Gasteiger partial charge in [-0.05, 0) is 6.42 Å². The second-order valence-corrected chi connectivity index (χ2v) is 2.08. The summed E-state index contributed by atoms with van der Waals surface area (Å²) in [6.07, 6.45) is 4.95. The van der Waals surface area contributed by atoms with Crippen LogP contribution in [-0.2, 0) is 0 Å². The van der Waals surface area contributed by atoms with Gasteiger partial charge in [0.1, 0.15) is 0 Å². The van der Waals surface area contributed by atoms with Crippen LogP contribution in [-0.4, -0.2) is 11.7 Å². The van der Waals surface area contributed by atoms with Crippen molar-refractivity contribution in [1.29, 1.82) is 0 Å². The minimum absolute atomic E-state index is 0.319. The highest BCUT2D eigenvalue weighted by Gasteiger charge is 1.68. The van der Waals surface area contributed by atoms with Gasteiger partial charge >= 0.3 is 0 Å². The first-order chi connectivity index (χ1) is 5.33. The third kappa shape index (κ3) is 72.0. The summed E-state index contributed by atoms with van der Waals surface area (Å²) >= 11 is 0. The van der Waals surface area contributed by atoms with E-state index in [2.05, 4.69) is 13.8 Å². The summed E-state index contributed by atoms with van der Waals surface area (Å²) in [7, 11) is 0. The molecule has 0 amide bonds. The van der Waals surface area contributed by atoms with Crippen LogP contribution in [0, 0.1) is 0 Å². The number of hydrogen-bond donors (Lipinski definition) is 1. The highest BCUT2D eigenvalue weighted by molar-refractivity contribution is 4.24. The minimum atomic E-state index is 0.319. The Hall–Kier alpha value is -0.0400. The van der Waals surface area contributed by atoms with Gasteiger partial charge in [-0.15, -0.1) is 0 Å². The molecule has 0 aliphatic rings. The van der Waals surface area contributed by atoms with Crippen molar-refractivity contribution in [3.8, 4) is 0 Å². The van der Waals surface area contributed by atoms with Crippen LogP contribution in [0.5, 0.6) is 0 Å². The smallest absolute Gasteiger partial charge is 0.0428 e. The van der Waals surface area contributed by atoms with Crippen LogP contribution >= 0.6 is 0 Å². The fourth-order valence-electron chi connectivity index (χ4n) is 0.354. The summed E-state index contributed by atoms with van der Waals surface area (Å²) < 4.78 is 0. The van der Waals surface area contributed by atoms with E-state index in [1.807, 2.05) is 20.8 Å². The van der Waals surface area contributed by atoms with Gasteiger partial charge in [0.05, 0.1) is 0 Å². The lowest BCUT2D eigenvalue weighted by atomic mass is 10.3. The van der Waals surface area contributed by atoms with E-state index in [4.69, 9.17) is 5.11 Å². The second kappa shape index (κ2) is 32.5. The largest absolute Gasteiger partial charge is 0.396 e. The molecule has 0 saturated carbocycles. The average Bonchev–Trinajstić information content (AvgIpc) is 2.10. The molecule has 0 rings (SSSR count). The predicted octanol–water partition coefficient (Wildman–Crippen LogP) is 3.61. The standard InChI is InChI=1S/C5H12.C3H8O.C2H6/c1-3-5-4-2;1-2-3-4;1-2/h3-5H2,1-2H3;4H,2-3H2,1H3;1-2H3. The Morgan fingerprint density at radius 2 is 1.09 bits per heavy atom. The van der Waals surface area contributed by atoms with Gasteiger partial charge in [-0.2, -0.15) is 0 Å². The predicted molar refractivity (Wildman–Crippen MR) is 53.9 cm³/mol. The van der Waals surface area contributed by atoms with Crippen molar-refractivity contribution in [1.82, 2.24) is 0 Å². The summed E-state index contributed by atoms with van der Waals surface area (Å²) in [6.45, 7) is 10.7. The number of unbranched alkanes of at least 4 members (excludes halogenated alkanes) is 2. The summed E-state index contributed by atoms with van der Waals surface area (Å²) in [5.74, 6) is 0. The highest BCUT2D eigenvalue weighted by atomic mass is 16.2. The fourth-order valence-corrected chi connectivity index (χ4v) is 0.354. The fraction of sp³-hybridized carbons (Fsp3) is 1.00. The molecule has 0 aromatic rings. The second-order valence-electron chi connectivity index (χ2n) is 2.08. The summed E-state index contributed by atoms with van der Waals surface area (Å²) in [5, 5.41) is 7.88. The molecule has 1 heteroatoms. The van der Waals surface area contributed by atoms with Crippen molar-refractivity contribution in [3.63, 3.8) is 0 Å². The lowest BCUT2D eigenvalue weighted by molar-refractivity contribution is 0.295. The van der Waals surface area contributed by atoms with Crippen LogP contribution in [0.1, 0.15) is 60.3 Å². The Labute approximate surface area is 72.8 Å². The molecule has 0 aliphatic heterocycles. The average molecular weight is 162 g/mol. The number of aliphatic hydroxyl groups excluding tert-OH is 1. The van der Waals surface area contributed by atoms with Crippen LogP contribution in [0.25, 0.3) is 0 Å². The maximum Gasteiger partial charge on any atom is 0.0428 e. The molecular formula is C10H26O. The topological polar surface area (TPSA) is 20.2 Å². The van der Waals surface area contributed by atoms with Gasteiger partial charge in [0.25, 0.3) is 0 Å². The van der Waals surface area contributed by atoms with E-state index in [0.29, 0.717) is 6.61 Å². The van der Waals surface area contributed by atoms with E-state index < -0.39 is 0 Å². The first-order valence-corrected chi connectivity index (χ1v) is 4.94. The van der Waals surface area contributed by atoms with Crippen molar-refractivity contribution in [2.75, 3.05) is 6.61 Å². The number of hydrogen-bond acceptors (Lipinski definition) is 1. The van der Waals surface area contributed by atoms with E-state index >= 15 is 0 Å². The molecule has 11 heavy (non-hydrogen) atoms. The molecule has 1 N–H and O–H groups in total. The zero-order valence-corrected chi connectivity index (χ0v) is 8.98.